The minimum Gasteiger partial charge on any atom is -0.399 e. The molecule has 2 aromatic rings. The number of nitrogen functional groups attached to an aromatic ring is 1. The molecule has 0 bridgehead atoms. The zero-order chi connectivity index (χ0) is 12.4. The van der Waals surface area contributed by atoms with E-state index in [9.17, 15) is 4.39 Å². The third kappa shape index (κ3) is 3.02. The van der Waals surface area contributed by atoms with Crippen molar-refractivity contribution < 1.29 is 4.39 Å². The second-order valence-corrected chi connectivity index (χ2v) is 4.37. The van der Waals surface area contributed by atoms with Gasteiger partial charge in [-0.3, -0.25) is 0 Å². The van der Waals surface area contributed by atoms with E-state index < -0.39 is 5.82 Å². The first kappa shape index (κ1) is 12.0. The number of rotatable bonds is 2. The molecule has 3 N–H and O–H groups in total. The highest BCUT2D eigenvalue weighted by atomic mass is 35.5. The quantitative estimate of drug-likeness (QED) is 0.791. The summed E-state index contributed by atoms with van der Waals surface area (Å²) in [6.07, 6.45) is 0. The second-order valence-electron chi connectivity index (χ2n) is 3.52. The van der Waals surface area contributed by atoms with Crippen molar-refractivity contribution in [3.05, 3.63) is 52.3 Å². The molecular weight excluding hydrogens is 262 g/mol. The Hall–Kier alpha value is -1.45. The normalized spacial score (nSPS) is 10.3. The molecule has 0 unspecified atom stereocenters. The van der Waals surface area contributed by atoms with Gasteiger partial charge in [0.2, 0.25) is 0 Å². The number of nitrogens with one attached hydrogen (secondary N) is 1. The Morgan fingerprint density at radius 1 is 1.06 bits per heavy atom. The number of halogens is 3. The van der Waals surface area contributed by atoms with Crippen LogP contribution in [0.15, 0.2) is 36.4 Å². The molecule has 0 radical (unpaired) electrons. The highest BCUT2D eigenvalue weighted by Gasteiger charge is 2.03. The van der Waals surface area contributed by atoms with Gasteiger partial charge in [-0.15, -0.1) is 0 Å². The minimum atomic E-state index is -0.405. The molecule has 17 heavy (non-hydrogen) atoms. The minimum absolute atomic E-state index is 0.345. The molecule has 0 amide bonds. The molecule has 0 aromatic heterocycles. The summed E-state index contributed by atoms with van der Waals surface area (Å²) in [5.74, 6) is -0.405. The van der Waals surface area contributed by atoms with Crippen LogP contribution >= 0.6 is 23.2 Å². The lowest BCUT2D eigenvalue weighted by Gasteiger charge is -2.09. The van der Waals surface area contributed by atoms with Gasteiger partial charge in [-0.05, 0) is 36.4 Å². The van der Waals surface area contributed by atoms with Gasteiger partial charge in [0.15, 0.2) is 0 Å². The predicted molar refractivity (Wildman–Crippen MR) is 70.6 cm³/mol. The van der Waals surface area contributed by atoms with Gasteiger partial charge < -0.3 is 11.1 Å². The summed E-state index contributed by atoms with van der Waals surface area (Å²) in [7, 11) is 0. The molecule has 0 spiro atoms. The lowest BCUT2D eigenvalue weighted by atomic mass is 10.2. The number of hydrogen-bond donors (Lipinski definition) is 2. The summed E-state index contributed by atoms with van der Waals surface area (Å²) in [6.45, 7) is 0. The van der Waals surface area contributed by atoms with E-state index in [0.717, 1.165) is 0 Å². The van der Waals surface area contributed by atoms with E-state index in [1.807, 2.05) is 0 Å². The van der Waals surface area contributed by atoms with Crippen LogP contribution < -0.4 is 11.1 Å². The topological polar surface area (TPSA) is 38.0 Å². The van der Waals surface area contributed by atoms with Crippen molar-refractivity contribution in [3.63, 3.8) is 0 Å². The Kier molecular flexibility index (Phi) is 3.41. The highest BCUT2D eigenvalue weighted by molar-refractivity contribution is 6.36. The monoisotopic (exact) mass is 270 g/mol. The number of nitrogens with two attached hydrogens (primary N) is 1. The van der Waals surface area contributed by atoms with Crippen LogP contribution in [0.2, 0.25) is 10.0 Å². The fourth-order valence-corrected chi connectivity index (χ4v) is 1.89. The maximum atomic E-state index is 13.1. The largest absolute Gasteiger partial charge is 0.399 e. The number of benzene rings is 2. The standard InChI is InChI=1S/C12H9Cl2FN2/c13-7-1-2-12(11(14)3-7)17-10-5-8(15)4-9(16)6-10/h1-6,17H,16H2. The molecule has 0 aliphatic carbocycles. The van der Waals surface area contributed by atoms with E-state index in [1.165, 1.54) is 12.1 Å². The zero-order valence-electron chi connectivity index (χ0n) is 8.68. The van der Waals surface area contributed by atoms with Gasteiger partial charge in [-0.25, -0.2) is 4.39 Å². The van der Waals surface area contributed by atoms with Crippen LogP contribution in [0, 0.1) is 5.82 Å². The molecule has 5 heteroatoms. The van der Waals surface area contributed by atoms with Crippen LogP contribution in [0.25, 0.3) is 0 Å². The van der Waals surface area contributed by atoms with Gasteiger partial charge in [0.25, 0.3) is 0 Å². The molecular formula is C12H9Cl2FN2. The van der Waals surface area contributed by atoms with Crippen molar-refractivity contribution in [1.29, 1.82) is 0 Å². The van der Waals surface area contributed by atoms with Crippen molar-refractivity contribution >= 4 is 40.3 Å². The van der Waals surface area contributed by atoms with E-state index in [4.69, 9.17) is 28.9 Å². The highest BCUT2D eigenvalue weighted by Crippen LogP contribution is 2.29. The first-order chi connectivity index (χ1) is 8.04. The number of hydrogen-bond acceptors (Lipinski definition) is 2. The maximum Gasteiger partial charge on any atom is 0.127 e. The van der Waals surface area contributed by atoms with Crippen molar-refractivity contribution in [2.75, 3.05) is 11.1 Å². The van der Waals surface area contributed by atoms with E-state index in [2.05, 4.69) is 5.32 Å². The Balaban J connectivity index is 2.31. The fourth-order valence-electron chi connectivity index (χ4n) is 1.43. The molecule has 0 saturated heterocycles. The summed E-state index contributed by atoms with van der Waals surface area (Å²) in [6, 6.07) is 9.21. The summed E-state index contributed by atoms with van der Waals surface area (Å²) in [4.78, 5) is 0. The Labute approximate surface area is 108 Å². The summed E-state index contributed by atoms with van der Waals surface area (Å²) in [5, 5.41) is 3.97. The van der Waals surface area contributed by atoms with E-state index in [1.54, 1.807) is 24.3 Å². The maximum absolute atomic E-state index is 13.1. The lowest BCUT2D eigenvalue weighted by molar-refractivity contribution is 0.629. The molecule has 88 valence electrons. The first-order valence-corrected chi connectivity index (χ1v) is 5.58. The van der Waals surface area contributed by atoms with E-state index in [-0.39, 0.29) is 0 Å². The summed E-state index contributed by atoms with van der Waals surface area (Å²) in [5.41, 5.74) is 7.06. The van der Waals surface area contributed by atoms with Crippen molar-refractivity contribution in [3.8, 4) is 0 Å². The molecule has 0 saturated carbocycles. The molecule has 0 heterocycles. The number of anilines is 3. The molecule has 0 aliphatic heterocycles. The van der Waals surface area contributed by atoms with Crippen LogP contribution in [0.1, 0.15) is 0 Å². The Bertz CT molecular complexity index is 538. The van der Waals surface area contributed by atoms with Gasteiger partial charge in [0, 0.05) is 16.4 Å². The van der Waals surface area contributed by atoms with Crippen molar-refractivity contribution in [1.82, 2.24) is 0 Å². The van der Waals surface area contributed by atoms with Gasteiger partial charge in [-0.1, -0.05) is 23.2 Å². The Morgan fingerprint density at radius 2 is 1.82 bits per heavy atom. The average molecular weight is 271 g/mol. The smallest absolute Gasteiger partial charge is 0.127 e. The summed E-state index contributed by atoms with van der Waals surface area (Å²) < 4.78 is 13.1. The van der Waals surface area contributed by atoms with Crippen LogP contribution in [-0.4, -0.2) is 0 Å². The lowest BCUT2D eigenvalue weighted by Crippen LogP contribution is -1.94. The molecule has 2 rings (SSSR count). The van der Waals surface area contributed by atoms with Crippen LogP contribution in [0.5, 0.6) is 0 Å². The molecule has 0 fully saturated rings. The zero-order valence-corrected chi connectivity index (χ0v) is 10.2. The van der Waals surface area contributed by atoms with Crippen LogP contribution in [0.4, 0.5) is 21.5 Å². The molecule has 0 atom stereocenters. The SMILES string of the molecule is Nc1cc(F)cc(Nc2ccc(Cl)cc2Cl)c1. The third-order valence-electron chi connectivity index (χ3n) is 2.13. The van der Waals surface area contributed by atoms with Crippen molar-refractivity contribution in [2.24, 2.45) is 0 Å². The third-order valence-corrected chi connectivity index (χ3v) is 2.68. The average Bonchev–Trinajstić information content (AvgIpc) is 2.21. The van der Waals surface area contributed by atoms with Gasteiger partial charge in [0.05, 0.1) is 10.7 Å². The first-order valence-electron chi connectivity index (χ1n) is 4.83. The van der Waals surface area contributed by atoms with Crippen LogP contribution in [0.3, 0.4) is 0 Å². The van der Waals surface area contributed by atoms with E-state index in [0.29, 0.717) is 27.1 Å². The summed E-state index contributed by atoms with van der Waals surface area (Å²) >= 11 is 11.8. The Morgan fingerprint density at radius 3 is 2.47 bits per heavy atom. The van der Waals surface area contributed by atoms with Gasteiger partial charge in [0.1, 0.15) is 5.82 Å². The second kappa shape index (κ2) is 4.82. The fraction of sp³-hybridized carbons (Fsp3) is 0. The van der Waals surface area contributed by atoms with Gasteiger partial charge >= 0.3 is 0 Å². The van der Waals surface area contributed by atoms with Crippen molar-refractivity contribution in [2.45, 2.75) is 0 Å². The van der Waals surface area contributed by atoms with Gasteiger partial charge in [-0.2, -0.15) is 0 Å². The van der Waals surface area contributed by atoms with Crippen LogP contribution in [-0.2, 0) is 0 Å². The molecule has 2 nitrogen and oxygen atoms in total. The van der Waals surface area contributed by atoms with E-state index >= 15 is 0 Å². The molecule has 2 aromatic carbocycles. The predicted octanol–water partition coefficient (Wildman–Crippen LogP) is 4.46. The molecule has 0 aliphatic rings.